The first-order valence-electron chi connectivity index (χ1n) is 11.2. The van der Waals surface area contributed by atoms with Crippen molar-refractivity contribution in [2.45, 2.75) is 39.2 Å². The van der Waals surface area contributed by atoms with Gasteiger partial charge in [0, 0.05) is 36.1 Å². The maximum absolute atomic E-state index is 10.1. The second-order valence-electron chi connectivity index (χ2n) is 9.18. The van der Waals surface area contributed by atoms with Gasteiger partial charge in [0.2, 0.25) is 0 Å². The lowest BCUT2D eigenvalue weighted by Gasteiger charge is -2.40. The van der Waals surface area contributed by atoms with Crippen molar-refractivity contribution in [1.82, 2.24) is 9.97 Å². The summed E-state index contributed by atoms with van der Waals surface area (Å²) in [7, 11) is 0. The lowest BCUT2D eigenvalue weighted by Crippen LogP contribution is -2.41. The number of nitrogen functional groups attached to an aromatic ring is 1. The van der Waals surface area contributed by atoms with Gasteiger partial charge in [-0.1, -0.05) is 30.3 Å². The molecule has 1 aliphatic heterocycles. The Hall–Kier alpha value is -3.25. The molecular formula is C26H29N5O. The molecule has 1 spiro atoms. The highest BCUT2D eigenvalue weighted by atomic mass is 16.3. The minimum absolute atomic E-state index is 0.158. The normalized spacial score (nSPS) is 16.9. The van der Waals surface area contributed by atoms with Crippen molar-refractivity contribution in [3.05, 3.63) is 70.5 Å². The number of anilines is 2. The average Bonchev–Trinajstić information content (AvgIpc) is 3.17. The Morgan fingerprint density at radius 1 is 1.09 bits per heavy atom. The van der Waals surface area contributed by atoms with E-state index in [0.29, 0.717) is 22.4 Å². The molecule has 32 heavy (non-hydrogen) atoms. The highest BCUT2D eigenvalue weighted by Crippen LogP contribution is 2.45. The largest absolute Gasteiger partial charge is 0.398 e. The van der Waals surface area contributed by atoms with Crippen LogP contribution in [0.15, 0.2) is 42.5 Å². The molecule has 0 saturated carbocycles. The molecule has 0 bridgehead atoms. The van der Waals surface area contributed by atoms with Crippen LogP contribution in [-0.2, 0) is 19.4 Å². The summed E-state index contributed by atoms with van der Waals surface area (Å²) in [5.74, 6) is 0.793. The molecule has 1 saturated heterocycles. The summed E-state index contributed by atoms with van der Waals surface area (Å²) in [5.41, 5.74) is 13.5. The zero-order chi connectivity index (χ0) is 22.3. The van der Waals surface area contributed by atoms with Crippen molar-refractivity contribution in [2.24, 2.45) is 5.41 Å². The molecule has 164 valence electrons. The Morgan fingerprint density at radius 2 is 1.78 bits per heavy atom. The van der Waals surface area contributed by atoms with Gasteiger partial charge in [0.05, 0.1) is 18.0 Å². The molecule has 0 atom stereocenters. The van der Waals surface area contributed by atoms with Gasteiger partial charge in [0.1, 0.15) is 5.69 Å². The smallest absolute Gasteiger partial charge is 0.153 e. The molecule has 3 aromatic rings. The molecule has 1 aromatic heterocycles. The van der Waals surface area contributed by atoms with Crippen molar-refractivity contribution < 1.29 is 5.11 Å². The molecule has 1 fully saturated rings. The van der Waals surface area contributed by atoms with E-state index in [0.717, 1.165) is 48.7 Å². The van der Waals surface area contributed by atoms with Crippen LogP contribution >= 0.6 is 0 Å². The van der Waals surface area contributed by atoms with Crippen LogP contribution in [0.1, 0.15) is 40.9 Å². The van der Waals surface area contributed by atoms with Crippen molar-refractivity contribution in [3.8, 4) is 11.3 Å². The number of aromatic nitrogens is 2. The standard InChI is InChI=1S/C26H29N5O/c1-17-24(18-6-7-22(28)21(12-18)15-27)30-23(16-32)25(29-17)31-10-8-26(9-11-31)13-19-4-2-3-5-20(19)14-26/h2-7,12,15,27,32H,8-11,13-14,16,28H2,1H3. The van der Waals surface area contributed by atoms with Crippen molar-refractivity contribution in [3.63, 3.8) is 0 Å². The van der Waals surface area contributed by atoms with Gasteiger partial charge in [-0.05, 0) is 61.3 Å². The fraction of sp³-hybridized carbons (Fsp3) is 0.346. The van der Waals surface area contributed by atoms with E-state index in [1.165, 1.54) is 30.2 Å². The first-order chi connectivity index (χ1) is 15.5. The summed E-state index contributed by atoms with van der Waals surface area (Å²) in [4.78, 5) is 12.0. The number of aliphatic hydroxyl groups is 1. The number of hydrogen-bond donors (Lipinski definition) is 3. The molecule has 6 nitrogen and oxygen atoms in total. The van der Waals surface area contributed by atoms with Crippen LogP contribution in [0.2, 0.25) is 0 Å². The van der Waals surface area contributed by atoms with E-state index in [2.05, 4.69) is 29.2 Å². The van der Waals surface area contributed by atoms with Gasteiger partial charge in [-0.3, -0.25) is 0 Å². The Morgan fingerprint density at radius 3 is 2.41 bits per heavy atom. The van der Waals surface area contributed by atoms with Gasteiger partial charge in [-0.25, -0.2) is 9.97 Å². The van der Waals surface area contributed by atoms with Gasteiger partial charge >= 0.3 is 0 Å². The third-order valence-electron chi connectivity index (χ3n) is 7.16. The number of nitrogens with one attached hydrogen (secondary N) is 1. The number of aryl methyl sites for hydroxylation is 1. The van der Waals surface area contributed by atoms with E-state index < -0.39 is 0 Å². The number of nitrogens with zero attached hydrogens (tertiary/aromatic N) is 3. The Bertz CT molecular complexity index is 1150. The van der Waals surface area contributed by atoms with Crippen LogP contribution in [-0.4, -0.2) is 34.4 Å². The Balaban J connectivity index is 1.39. The molecule has 2 heterocycles. The third-order valence-corrected chi connectivity index (χ3v) is 7.16. The lowest BCUT2D eigenvalue weighted by molar-refractivity contribution is 0.231. The number of nitrogens with two attached hydrogens (primary N) is 1. The zero-order valence-electron chi connectivity index (χ0n) is 18.4. The molecule has 5 rings (SSSR count). The van der Waals surface area contributed by atoms with Gasteiger partial charge in [0.15, 0.2) is 5.82 Å². The minimum atomic E-state index is -0.158. The molecule has 4 N–H and O–H groups in total. The molecule has 1 aliphatic carbocycles. The molecular weight excluding hydrogens is 398 g/mol. The van der Waals surface area contributed by atoms with Crippen molar-refractivity contribution in [1.29, 1.82) is 5.41 Å². The second-order valence-corrected chi connectivity index (χ2v) is 9.18. The number of piperidine rings is 1. The number of aliphatic hydroxyl groups excluding tert-OH is 1. The highest BCUT2D eigenvalue weighted by Gasteiger charge is 2.40. The molecule has 0 unspecified atom stereocenters. The number of rotatable bonds is 4. The van der Waals surface area contributed by atoms with Crippen LogP contribution < -0.4 is 10.6 Å². The van der Waals surface area contributed by atoms with Crippen LogP contribution in [0.5, 0.6) is 0 Å². The Kier molecular flexibility index (Phi) is 5.18. The summed E-state index contributed by atoms with van der Waals surface area (Å²) in [6.45, 7) is 3.64. The summed E-state index contributed by atoms with van der Waals surface area (Å²) in [5, 5.41) is 17.7. The van der Waals surface area contributed by atoms with Gasteiger partial charge in [-0.15, -0.1) is 0 Å². The zero-order valence-corrected chi connectivity index (χ0v) is 18.4. The maximum Gasteiger partial charge on any atom is 0.153 e. The molecule has 0 radical (unpaired) electrons. The fourth-order valence-corrected chi connectivity index (χ4v) is 5.34. The number of hydrogen-bond acceptors (Lipinski definition) is 6. The molecule has 2 aromatic carbocycles. The highest BCUT2D eigenvalue weighted by molar-refractivity contribution is 5.87. The summed E-state index contributed by atoms with van der Waals surface area (Å²) in [6, 6.07) is 14.4. The van der Waals surface area contributed by atoms with Gasteiger partial charge < -0.3 is 21.1 Å². The lowest BCUT2D eigenvalue weighted by atomic mass is 9.76. The topological polar surface area (TPSA) is 99.1 Å². The van der Waals surface area contributed by atoms with Crippen LogP contribution in [0.3, 0.4) is 0 Å². The van der Waals surface area contributed by atoms with Gasteiger partial charge in [-0.2, -0.15) is 0 Å². The molecule has 0 amide bonds. The van der Waals surface area contributed by atoms with E-state index in [9.17, 15) is 5.11 Å². The van der Waals surface area contributed by atoms with E-state index in [1.54, 1.807) is 6.07 Å². The third kappa shape index (κ3) is 3.54. The molecule has 2 aliphatic rings. The van der Waals surface area contributed by atoms with Crippen molar-refractivity contribution in [2.75, 3.05) is 23.7 Å². The van der Waals surface area contributed by atoms with E-state index >= 15 is 0 Å². The van der Waals surface area contributed by atoms with E-state index in [1.807, 2.05) is 19.1 Å². The fourth-order valence-electron chi connectivity index (χ4n) is 5.34. The minimum Gasteiger partial charge on any atom is -0.398 e. The maximum atomic E-state index is 10.1. The molecule has 6 heteroatoms. The quantitative estimate of drug-likeness (QED) is 0.433. The summed E-state index contributed by atoms with van der Waals surface area (Å²) >= 11 is 0. The number of fused-ring (bicyclic) bond motifs is 1. The first-order valence-corrected chi connectivity index (χ1v) is 11.2. The van der Waals surface area contributed by atoms with E-state index in [-0.39, 0.29) is 6.61 Å². The predicted octanol–water partition coefficient (Wildman–Crippen LogP) is 3.91. The van der Waals surface area contributed by atoms with Gasteiger partial charge in [0.25, 0.3) is 0 Å². The summed E-state index contributed by atoms with van der Waals surface area (Å²) < 4.78 is 0. The van der Waals surface area contributed by atoms with Crippen molar-refractivity contribution >= 4 is 17.7 Å². The average molecular weight is 428 g/mol. The predicted molar refractivity (Wildman–Crippen MR) is 128 cm³/mol. The summed E-state index contributed by atoms with van der Waals surface area (Å²) in [6.07, 6.45) is 5.82. The first kappa shape index (κ1) is 20.6. The van der Waals surface area contributed by atoms with Crippen LogP contribution in [0, 0.1) is 17.7 Å². The Labute approximate surface area is 188 Å². The SMILES string of the molecule is Cc1nc(N2CCC3(CC2)Cc2ccccc2C3)c(CO)nc1-c1ccc(N)c(C=N)c1. The number of benzene rings is 2. The van der Waals surface area contributed by atoms with E-state index in [4.69, 9.17) is 21.1 Å². The van der Waals surface area contributed by atoms with Crippen LogP contribution in [0.25, 0.3) is 11.3 Å². The van der Waals surface area contributed by atoms with Crippen LogP contribution in [0.4, 0.5) is 11.5 Å². The monoisotopic (exact) mass is 427 g/mol. The second kappa shape index (κ2) is 8.02.